The molecular formula is C8H26CuN4O6S+2. The Morgan fingerprint density at radius 1 is 0.850 bits per heavy atom. The fourth-order valence-corrected chi connectivity index (χ4v) is 0.631. The predicted molar refractivity (Wildman–Crippen MR) is 71.3 cm³/mol. The molecule has 0 atom stereocenters. The van der Waals surface area contributed by atoms with E-state index in [1.807, 2.05) is 0 Å². The summed E-state index contributed by atoms with van der Waals surface area (Å²) in [6.45, 7) is 5.41. The average Bonchev–Trinajstić information content (AvgIpc) is 2.29. The van der Waals surface area contributed by atoms with E-state index in [2.05, 4.69) is 10.6 Å². The summed E-state index contributed by atoms with van der Waals surface area (Å²) in [6, 6.07) is 0. The van der Waals surface area contributed by atoms with Gasteiger partial charge in [-0.25, -0.2) is 0 Å². The summed E-state index contributed by atoms with van der Waals surface area (Å²) >= 11 is 0. The van der Waals surface area contributed by atoms with Crippen LogP contribution in [0.3, 0.4) is 0 Å². The van der Waals surface area contributed by atoms with Crippen molar-refractivity contribution in [1.82, 2.24) is 10.6 Å². The normalized spacial score (nSPS) is 9.50. The van der Waals surface area contributed by atoms with Crippen LogP contribution in [0.2, 0.25) is 0 Å². The third-order valence-corrected chi connectivity index (χ3v) is 1.25. The van der Waals surface area contributed by atoms with Crippen LogP contribution in [0.4, 0.5) is 0 Å². The van der Waals surface area contributed by atoms with E-state index in [1.54, 1.807) is 0 Å². The van der Waals surface area contributed by atoms with Gasteiger partial charge in [0.25, 0.3) is 0 Å². The molecule has 0 fully saturated rings. The number of nitrogens with two attached hydrogens (primary N) is 2. The Morgan fingerprint density at radius 2 is 1.10 bits per heavy atom. The molecule has 1 radical (unpaired) electrons. The third kappa shape index (κ3) is 80.4. The minimum atomic E-state index is -5.17. The van der Waals surface area contributed by atoms with Gasteiger partial charge in [-0.2, -0.15) is 0 Å². The SMILES string of the molecule is NCCNCC[OH2+].NCCNCC[OH2+].O=S(=O)([O-])[O-].[Cu+2]. The van der Waals surface area contributed by atoms with Gasteiger partial charge >= 0.3 is 17.1 Å². The maximum Gasteiger partial charge on any atom is 2.00 e. The molecule has 10 nitrogen and oxygen atoms in total. The maximum absolute atomic E-state index is 8.52. The molecule has 0 spiro atoms. The average molecular weight is 370 g/mol. The van der Waals surface area contributed by atoms with Gasteiger partial charge in [0.05, 0.1) is 13.1 Å². The van der Waals surface area contributed by atoms with E-state index in [1.165, 1.54) is 0 Å². The molecule has 20 heavy (non-hydrogen) atoms. The van der Waals surface area contributed by atoms with Crippen molar-refractivity contribution in [3.8, 4) is 0 Å². The number of nitrogens with one attached hydrogen (secondary N) is 2. The van der Waals surface area contributed by atoms with Crippen LogP contribution in [-0.4, -0.2) is 80.2 Å². The first kappa shape index (κ1) is 28.3. The van der Waals surface area contributed by atoms with Crippen molar-refractivity contribution >= 4 is 10.4 Å². The largest absolute Gasteiger partial charge is 2.00 e. The van der Waals surface area contributed by atoms with E-state index < -0.39 is 10.4 Å². The van der Waals surface area contributed by atoms with Crippen LogP contribution in [0, 0.1) is 0 Å². The summed E-state index contributed by atoms with van der Waals surface area (Å²) in [5, 5.41) is 19.3. The van der Waals surface area contributed by atoms with Crippen molar-refractivity contribution in [2.24, 2.45) is 11.5 Å². The van der Waals surface area contributed by atoms with Crippen LogP contribution in [0.5, 0.6) is 0 Å². The minimum Gasteiger partial charge on any atom is -0.759 e. The molecule has 0 aliphatic rings. The molecule has 0 saturated heterocycles. The van der Waals surface area contributed by atoms with Crippen molar-refractivity contribution in [1.29, 1.82) is 0 Å². The number of hydrogen-bond donors (Lipinski definition) is 4. The molecule has 0 bridgehead atoms. The topological polar surface area (TPSA) is 202 Å². The van der Waals surface area contributed by atoms with Crippen LogP contribution in [-0.2, 0) is 27.5 Å². The molecule has 129 valence electrons. The summed E-state index contributed by atoms with van der Waals surface area (Å²) in [5.41, 5.74) is 10.3. The molecule has 0 aliphatic carbocycles. The monoisotopic (exact) mass is 369 g/mol. The van der Waals surface area contributed by atoms with Crippen molar-refractivity contribution in [3.63, 3.8) is 0 Å². The smallest absolute Gasteiger partial charge is 0.759 e. The second kappa shape index (κ2) is 24.2. The Morgan fingerprint density at radius 3 is 1.25 bits per heavy atom. The second-order valence-electron chi connectivity index (χ2n) is 2.99. The van der Waals surface area contributed by atoms with Crippen LogP contribution >= 0.6 is 0 Å². The van der Waals surface area contributed by atoms with Crippen LogP contribution in [0.25, 0.3) is 0 Å². The van der Waals surface area contributed by atoms with Crippen molar-refractivity contribution in [2.45, 2.75) is 0 Å². The Hall–Kier alpha value is 0.149. The van der Waals surface area contributed by atoms with Crippen molar-refractivity contribution in [3.05, 3.63) is 0 Å². The van der Waals surface area contributed by atoms with Crippen LogP contribution in [0.15, 0.2) is 0 Å². The third-order valence-electron chi connectivity index (χ3n) is 1.25. The zero-order valence-electron chi connectivity index (χ0n) is 11.2. The summed E-state index contributed by atoms with van der Waals surface area (Å²) in [4.78, 5) is 0. The zero-order chi connectivity index (χ0) is 15.6. The Balaban J connectivity index is -0.0000000952. The Kier molecular flexibility index (Phi) is 34.3. The summed E-state index contributed by atoms with van der Waals surface area (Å²) in [5.74, 6) is 0. The van der Waals surface area contributed by atoms with Crippen LogP contribution in [0.1, 0.15) is 0 Å². The van der Waals surface area contributed by atoms with Crippen LogP contribution < -0.4 is 22.1 Å². The molecule has 0 aromatic carbocycles. The van der Waals surface area contributed by atoms with E-state index in [4.69, 9.17) is 39.2 Å². The molecule has 0 aromatic rings. The first-order valence-electron chi connectivity index (χ1n) is 5.60. The van der Waals surface area contributed by atoms with Gasteiger partial charge in [0.2, 0.25) is 0 Å². The summed E-state index contributed by atoms with van der Waals surface area (Å²) in [6.07, 6.45) is 0. The zero-order valence-corrected chi connectivity index (χ0v) is 12.9. The quantitative estimate of drug-likeness (QED) is 0.107. The fourth-order valence-electron chi connectivity index (χ4n) is 0.631. The molecule has 0 heterocycles. The minimum absolute atomic E-state index is 0. The molecular weight excluding hydrogens is 344 g/mol. The van der Waals surface area contributed by atoms with E-state index >= 15 is 0 Å². The van der Waals surface area contributed by atoms with E-state index in [0.29, 0.717) is 26.3 Å². The fraction of sp³-hybridized carbons (Fsp3) is 1.00. The molecule has 0 aromatic heterocycles. The van der Waals surface area contributed by atoms with Gasteiger partial charge in [-0.15, -0.1) is 0 Å². The second-order valence-corrected chi connectivity index (χ2v) is 3.80. The van der Waals surface area contributed by atoms with Crippen molar-refractivity contribution < 1.29 is 44.8 Å². The van der Waals surface area contributed by atoms with Gasteiger partial charge in [0.1, 0.15) is 0 Å². The number of hydrogen-bond acceptors (Lipinski definition) is 8. The maximum atomic E-state index is 8.52. The molecule has 0 saturated carbocycles. The first-order chi connectivity index (χ1) is 8.83. The van der Waals surface area contributed by atoms with E-state index in [-0.39, 0.29) is 17.1 Å². The van der Waals surface area contributed by atoms with Gasteiger partial charge in [-0.05, 0) is 0 Å². The van der Waals surface area contributed by atoms with Gasteiger partial charge in [-0.1, -0.05) is 0 Å². The van der Waals surface area contributed by atoms with E-state index in [0.717, 1.165) is 26.2 Å². The van der Waals surface area contributed by atoms with Gasteiger partial charge in [-0.3, -0.25) is 8.42 Å². The molecule has 10 N–H and O–H groups in total. The van der Waals surface area contributed by atoms with Gasteiger partial charge < -0.3 is 41.4 Å². The van der Waals surface area contributed by atoms with E-state index in [9.17, 15) is 0 Å². The first-order valence-corrected chi connectivity index (χ1v) is 6.94. The summed E-state index contributed by atoms with van der Waals surface area (Å²) < 4.78 is 34.1. The number of rotatable bonds is 8. The van der Waals surface area contributed by atoms with Crippen molar-refractivity contribution in [2.75, 3.05) is 52.5 Å². The molecule has 0 amide bonds. The summed E-state index contributed by atoms with van der Waals surface area (Å²) in [7, 11) is -5.17. The van der Waals surface area contributed by atoms with Gasteiger partial charge in [0.15, 0.2) is 13.2 Å². The molecule has 12 heteroatoms. The molecule has 0 rings (SSSR count). The predicted octanol–water partition coefficient (Wildman–Crippen LogP) is -4.82. The molecule has 0 unspecified atom stereocenters. The Bertz CT molecular complexity index is 219. The standard InChI is InChI=1S/2C4H12N2O.Cu.H2O4S/c2*5-1-2-6-3-4-7;;1-5(2,3)4/h2*6-7H,1-5H2;;(H2,1,2,3,4)/q;;+2;. The van der Waals surface area contributed by atoms with Gasteiger partial charge in [0, 0.05) is 36.6 Å². The molecule has 0 aliphatic heterocycles. The Labute approximate surface area is 130 Å².